The summed E-state index contributed by atoms with van der Waals surface area (Å²) in [5.74, 6) is -0.326. The number of carbonyl (C=O) groups excluding carboxylic acids is 1. The molecule has 19 heavy (non-hydrogen) atoms. The van der Waals surface area contributed by atoms with Crippen LogP contribution in [0.5, 0.6) is 5.75 Å². The van der Waals surface area contributed by atoms with E-state index in [1.807, 2.05) is 0 Å². The fourth-order valence-corrected chi connectivity index (χ4v) is 2.19. The van der Waals surface area contributed by atoms with Gasteiger partial charge in [-0.3, -0.25) is 4.79 Å². The number of pyridine rings is 1. The molecule has 1 atom stereocenters. The molecular formula is C13H8BrFN2O2. The molecule has 0 fully saturated rings. The van der Waals surface area contributed by atoms with Crippen LogP contribution in [0, 0.1) is 5.95 Å². The van der Waals surface area contributed by atoms with Gasteiger partial charge in [0.25, 0.3) is 5.91 Å². The van der Waals surface area contributed by atoms with Gasteiger partial charge in [0.1, 0.15) is 5.75 Å². The Morgan fingerprint density at radius 3 is 2.89 bits per heavy atom. The lowest BCUT2D eigenvalue weighted by atomic mass is 10.1. The summed E-state index contributed by atoms with van der Waals surface area (Å²) in [6.07, 6.45) is 0.679. The Labute approximate surface area is 116 Å². The van der Waals surface area contributed by atoms with Crippen LogP contribution in [-0.4, -0.2) is 10.9 Å². The van der Waals surface area contributed by atoms with E-state index in [4.69, 9.17) is 4.74 Å². The molecule has 1 aromatic heterocycles. The van der Waals surface area contributed by atoms with Gasteiger partial charge >= 0.3 is 0 Å². The number of ether oxygens (including phenoxy) is 1. The normalized spacial score (nSPS) is 17.4. The number of rotatable bonds is 1. The predicted molar refractivity (Wildman–Crippen MR) is 69.2 cm³/mol. The number of hydrogen-bond acceptors (Lipinski definition) is 3. The second-order valence-corrected chi connectivity index (χ2v) is 4.94. The third-order valence-corrected chi connectivity index (χ3v) is 3.24. The van der Waals surface area contributed by atoms with Gasteiger partial charge in [0.15, 0.2) is 6.23 Å². The molecule has 0 aliphatic carbocycles. The number of nitrogens with zero attached hydrogens (tertiary/aromatic N) is 1. The van der Waals surface area contributed by atoms with E-state index in [0.717, 1.165) is 4.47 Å². The van der Waals surface area contributed by atoms with Crippen molar-refractivity contribution >= 4 is 21.8 Å². The van der Waals surface area contributed by atoms with E-state index in [1.165, 1.54) is 18.3 Å². The second-order valence-electron chi connectivity index (χ2n) is 4.03. The zero-order valence-corrected chi connectivity index (χ0v) is 11.1. The van der Waals surface area contributed by atoms with Gasteiger partial charge < -0.3 is 10.1 Å². The van der Waals surface area contributed by atoms with Gasteiger partial charge in [0.05, 0.1) is 5.56 Å². The topological polar surface area (TPSA) is 51.2 Å². The van der Waals surface area contributed by atoms with Crippen LogP contribution in [0.25, 0.3) is 0 Å². The third kappa shape index (κ3) is 2.31. The number of fused-ring (bicyclic) bond motifs is 1. The van der Waals surface area contributed by atoms with Crippen molar-refractivity contribution in [1.29, 1.82) is 0 Å². The molecule has 2 heterocycles. The molecule has 2 aromatic rings. The maximum Gasteiger partial charge on any atom is 0.258 e. The second kappa shape index (κ2) is 4.62. The zero-order chi connectivity index (χ0) is 13.4. The van der Waals surface area contributed by atoms with E-state index in [2.05, 4.69) is 26.2 Å². The van der Waals surface area contributed by atoms with Crippen LogP contribution >= 0.6 is 15.9 Å². The molecule has 0 saturated heterocycles. The summed E-state index contributed by atoms with van der Waals surface area (Å²) in [6, 6.07) is 7.93. The van der Waals surface area contributed by atoms with Crippen LogP contribution in [0.15, 0.2) is 41.0 Å². The minimum atomic E-state index is -0.658. The van der Waals surface area contributed by atoms with Crippen molar-refractivity contribution in [3.63, 3.8) is 0 Å². The lowest BCUT2D eigenvalue weighted by molar-refractivity contribution is 0.0755. The molecule has 1 unspecified atom stereocenters. The van der Waals surface area contributed by atoms with E-state index >= 15 is 0 Å². The SMILES string of the molecule is O=C1NC(c2ccc(F)nc2)Oc2ccc(Br)cc21. The lowest BCUT2D eigenvalue weighted by Gasteiger charge is -2.26. The number of nitrogens with one attached hydrogen (secondary N) is 1. The fourth-order valence-electron chi connectivity index (χ4n) is 1.83. The fraction of sp³-hybridized carbons (Fsp3) is 0.0769. The van der Waals surface area contributed by atoms with Crippen LogP contribution in [0.2, 0.25) is 0 Å². The largest absolute Gasteiger partial charge is 0.465 e. The van der Waals surface area contributed by atoms with Gasteiger partial charge in [0, 0.05) is 16.2 Å². The van der Waals surface area contributed by atoms with Crippen molar-refractivity contribution < 1.29 is 13.9 Å². The standard InChI is InChI=1S/C13H8BrFN2O2/c14-8-2-3-10-9(5-8)12(18)17-13(19-10)7-1-4-11(15)16-6-7/h1-6,13H,(H,17,18). The van der Waals surface area contributed by atoms with Crippen molar-refractivity contribution in [2.24, 2.45) is 0 Å². The molecule has 6 heteroatoms. The quantitative estimate of drug-likeness (QED) is 0.821. The van der Waals surface area contributed by atoms with E-state index in [0.29, 0.717) is 16.9 Å². The molecule has 0 bridgehead atoms. The number of hydrogen-bond donors (Lipinski definition) is 1. The first-order valence-electron chi connectivity index (χ1n) is 5.52. The maximum absolute atomic E-state index is 12.8. The molecule has 3 rings (SSSR count). The Kier molecular flexibility index (Phi) is 2.94. The van der Waals surface area contributed by atoms with Gasteiger partial charge in [-0.1, -0.05) is 15.9 Å². The average Bonchev–Trinajstić information content (AvgIpc) is 2.40. The minimum absolute atomic E-state index is 0.239. The van der Waals surface area contributed by atoms with Gasteiger partial charge in [-0.25, -0.2) is 4.98 Å². The summed E-state index contributed by atoms with van der Waals surface area (Å²) >= 11 is 3.30. The highest BCUT2D eigenvalue weighted by Crippen LogP contribution is 2.30. The highest BCUT2D eigenvalue weighted by Gasteiger charge is 2.26. The lowest BCUT2D eigenvalue weighted by Crippen LogP contribution is -2.36. The Bertz CT molecular complexity index is 646. The van der Waals surface area contributed by atoms with E-state index in [-0.39, 0.29) is 5.91 Å². The van der Waals surface area contributed by atoms with Gasteiger partial charge in [-0.05, 0) is 30.3 Å². The molecule has 1 amide bonds. The number of benzene rings is 1. The third-order valence-electron chi connectivity index (χ3n) is 2.75. The van der Waals surface area contributed by atoms with Gasteiger partial charge in [-0.2, -0.15) is 4.39 Å². The van der Waals surface area contributed by atoms with Crippen molar-refractivity contribution in [1.82, 2.24) is 10.3 Å². The van der Waals surface area contributed by atoms with Crippen LogP contribution in [0.4, 0.5) is 4.39 Å². The molecule has 1 N–H and O–H groups in total. The van der Waals surface area contributed by atoms with Crippen LogP contribution in [-0.2, 0) is 0 Å². The smallest absolute Gasteiger partial charge is 0.258 e. The number of amides is 1. The molecule has 1 aromatic carbocycles. The van der Waals surface area contributed by atoms with Crippen molar-refractivity contribution in [2.45, 2.75) is 6.23 Å². The zero-order valence-electron chi connectivity index (χ0n) is 9.56. The molecule has 1 aliphatic heterocycles. The molecule has 0 spiro atoms. The highest BCUT2D eigenvalue weighted by atomic mass is 79.9. The first-order chi connectivity index (χ1) is 9.13. The molecule has 0 saturated carbocycles. The van der Waals surface area contributed by atoms with E-state index in [9.17, 15) is 9.18 Å². The van der Waals surface area contributed by atoms with Crippen molar-refractivity contribution in [2.75, 3.05) is 0 Å². The van der Waals surface area contributed by atoms with Crippen LogP contribution < -0.4 is 10.1 Å². The minimum Gasteiger partial charge on any atom is -0.465 e. The number of halogens is 2. The highest BCUT2D eigenvalue weighted by molar-refractivity contribution is 9.10. The summed E-state index contributed by atoms with van der Waals surface area (Å²) in [7, 11) is 0. The van der Waals surface area contributed by atoms with E-state index in [1.54, 1.807) is 18.2 Å². The number of carbonyl (C=O) groups is 1. The first kappa shape index (κ1) is 12.1. The molecule has 96 valence electrons. The summed E-state index contributed by atoms with van der Waals surface area (Å²) in [6.45, 7) is 0. The molecular weight excluding hydrogens is 315 g/mol. The molecule has 4 nitrogen and oxygen atoms in total. The average molecular weight is 323 g/mol. The Hall–Kier alpha value is -1.95. The number of aromatic nitrogens is 1. The van der Waals surface area contributed by atoms with E-state index < -0.39 is 12.2 Å². The molecule has 1 aliphatic rings. The Morgan fingerprint density at radius 1 is 1.32 bits per heavy atom. The summed E-state index contributed by atoms with van der Waals surface area (Å²) < 4.78 is 19.2. The maximum atomic E-state index is 12.8. The Morgan fingerprint density at radius 2 is 2.16 bits per heavy atom. The summed E-state index contributed by atoms with van der Waals surface area (Å²) in [5.41, 5.74) is 1.05. The Balaban J connectivity index is 1.95. The monoisotopic (exact) mass is 322 g/mol. The summed E-state index contributed by atoms with van der Waals surface area (Å²) in [4.78, 5) is 15.5. The predicted octanol–water partition coefficient (Wildman–Crippen LogP) is 2.80. The van der Waals surface area contributed by atoms with Crippen molar-refractivity contribution in [3.8, 4) is 5.75 Å². The first-order valence-corrected chi connectivity index (χ1v) is 6.31. The van der Waals surface area contributed by atoms with Crippen molar-refractivity contribution in [3.05, 3.63) is 58.1 Å². The van der Waals surface area contributed by atoms with Gasteiger partial charge in [-0.15, -0.1) is 0 Å². The van der Waals surface area contributed by atoms with Gasteiger partial charge in [0.2, 0.25) is 5.95 Å². The molecule has 0 radical (unpaired) electrons. The summed E-state index contributed by atoms with van der Waals surface area (Å²) in [5, 5.41) is 2.69. The van der Waals surface area contributed by atoms with Crippen LogP contribution in [0.1, 0.15) is 22.1 Å². The van der Waals surface area contributed by atoms with Crippen LogP contribution in [0.3, 0.4) is 0 Å².